The Morgan fingerprint density at radius 2 is 2.40 bits per heavy atom. The van der Waals surface area contributed by atoms with Crippen molar-refractivity contribution in [3.63, 3.8) is 0 Å². The molecule has 84 valence electrons. The van der Waals surface area contributed by atoms with Crippen LogP contribution < -0.4 is 10.6 Å². The summed E-state index contributed by atoms with van der Waals surface area (Å²) in [7, 11) is 0. The van der Waals surface area contributed by atoms with E-state index in [1.54, 1.807) is 0 Å². The second kappa shape index (κ2) is 5.72. The molecule has 1 saturated heterocycles. The third-order valence-corrected chi connectivity index (χ3v) is 2.13. The zero-order valence-corrected chi connectivity index (χ0v) is 9.14. The fraction of sp³-hybridized carbons (Fsp3) is 0.556. The maximum Gasteiger partial charge on any atom is 0.239 e. The maximum atomic E-state index is 11.3. The SMILES string of the molecule is C=C(Cl)CNC(=O)CN1CCNCC1=O. The molecule has 0 aromatic heterocycles. The van der Waals surface area contributed by atoms with E-state index in [4.69, 9.17) is 11.6 Å². The summed E-state index contributed by atoms with van der Waals surface area (Å²) in [6.07, 6.45) is 0. The van der Waals surface area contributed by atoms with Crippen LogP contribution in [0, 0.1) is 0 Å². The van der Waals surface area contributed by atoms with Gasteiger partial charge in [0.05, 0.1) is 19.6 Å². The van der Waals surface area contributed by atoms with E-state index in [1.165, 1.54) is 4.90 Å². The molecular weight excluding hydrogens is 218 g/mol. The molecule has 0 unspecified atom stereocenters. The first-order valence-electron chi connectivity index (χ1n) is 4.68. The highest BCUT2D eigenvalue weighted by Gasteiger charge is 2.19. The quantitative estimate of drug-likeness (QED) is 0.672. The van der Waals surface area contributed by atoms with E-state index in [1.807, 2.05) is 0 Å². The molecule has 6 heteroatoms. The van der Waals surface area contributed by atoms with E-state index in [2.05, 4.69) is 17.2 Å². The van der Waals surface area contributed by atoms with Gasteiger partial charge in [-0.3, -0.25) is 9.59 Å². The first-order valence-corrected chi connectivity index (χ1v) is 5.06. The Balaban J connectivity index is 2.30. The van der Waals surface area contributed by atoms with Crippen molar-refractivity contribution >= 4 is 23.4 Å². The number of carbonyl (C=O) groups is 2. The summed E-state index contributed by atoms with van der Waals surface area (Å²) in [5.41, 5.74) is 0. The van der Waals surface area contributed by atoms with E-state index >= 15 is 0 Å². The lowest BCUT2D eigenvalue weighted by Crippen LogP contribution is -2.51. The summed E-state index contributed by atoms with van der Waals surface area (Å²) >= 11 is 5.49. The molecule has 0 atom stereocenters. The highest BCUT2D eigenvalue weighted by Crippen LogP contribution is 1.95. The largest absolute Gasteiger partial charge is 0.350 e. The second-order valence-electron chi connectivity index (χ2n) is 3.29. The van der Waals surface area contributed by atoms with Gasteiger partial charge in [-0.15, -0.1) is 0 Å². The molecule has 0 radical (unpaired) electrons. The fourth-order valence-electron chi connectivity index (χ4n) is 1.24. The fourth-order valence-corrected chi connectivity index (χ4v) is 1.30. The van der Waals surface area contributed by atoms with Gasteiger partial charge in [-0.2, -0.15) is 0 Å². The standard InChI is InChI=1S/C9H14ClN3O2/c1-7(10)4-12-8(14)6-13-3-2-11-5-9(13)15/h11H,1-6H2,(H,12,14). The highest BCUT2D eigenvalue weighted by molar-refractivity contribution is 6.29. The van der Waals surface area contributed by atoms with Crippen molar-refractivity contribution < 1.29 is 9.59 Å². The summed E-state index contributed by atoms with van der Waals surface area (Å²) in [6.45, 7) is 5.36. The predicted molar refractivity (Wildman–Crippen MR) is 57.5 cm³/mol. The van der Waals surface area contributed by atoms with Crippen molar-refractivity contribution in [2.24, 2.45) is 0 Å². The van der Waals surface area contributed by atoms with Gasteiger partial charge in [0, 0.05) is 18.1 Å². The van der Waals surface area contributed by atoms with Crippen molar-refractivity contribution in [1.29, 1.82) is 0 Å². The summed E-state index contributed by atoms with van der Waals surface area (Å²) in [6, 6.07) is 0. The molecule has 2 amide bonds. The van der Waals surface area contributed by atoms with Gasteiger partial charge in [0.1, 0.15) is 0 Å². The normalized spacial score (nSPS) is 16.3. The van der Waals surface area contributed by atoms with Crippen LogP contribution in [0.1, 0.15) is 0 Å². The van der Waals surface area contributed by atoms with E-state index < -0.39 is 0 Å². The van der Waals surface area contributed by atoms with Crippen LogP contribution in [0.15, 0.2) is 11.6 Å². The average Bonchev–Trinajstić information content (AvgIpc) is 2.18. The molecule has 5 nitrogen and oxygen atoms in total. The zero-order chi connectivity index (χ0) is 11.3. The van der Waals surface area contributed by atoms with Crippen molar-refractivity contribution in [1.82, 2.24) is 15.5 Å². The number of nitrogens with one attached hydrogen (secondary N) is 2. The molecule has 0 aliphatic carbocycles. The van der Waals surface area contributed by atoms with Crippen LogP contribution in [-0.4, -0.2) is 49.4 Å². The number of hydrogen-bond donors (Lipinski definition) is 2. The Labute approximate surface area is 93.4 Å². The van der Waals surface area contributed by atoms with Crippen LogP contribution in [0.4, 0.5) is 0 Å². The van der Waals surface area contributed by atoms with Gasteiger partial charge in [0.2, 0.25) is 11.8 Å². The number of carbonyl (C=O) groups excluding carboxylic acids is 2. The molecule has 1 aliphatic rings. The third-order valence-electron chi connectivity index (χ3n) is 2.00. The number of piperazine rings is 1. The predicted octanol–water partition coefficient (Wildman–Crippen LogP) is -0.713. The Kier molecular flexibility index (Phi) is 4.58. The Morgan fingerprint density at radius 1 is 1.67 bits per heavy atom. The first-order chi connectivity index (χ1) is 7.09. The number of amides is 2. The minimum Gasteiger partial charge on any atom is -0.350 e. The number of halogens is 1. The minimum atomic E-state index is -0.216. The lowest BCUT2D eigenvalue weighted by atomic mass is 10.3. The molecule has 1 fully saturated rings. The lowest BCUT2D eigenvalue weighted by molar-refractivity contribution is -0.136. The number of rotatable bonds is 4. The van der Waals surface area contributed by atoms with Gasteiger partial charge >= 0.3 is 0 Å². The molecule has 1 aliphatic heterocycles. The van der Waals surface area contributed by atoms with Gasteiger partial charge in [-0.25, -0.2) is 0 Å². The van der Waals surface area contributed by atoms with Crippen molar-refractivity contribution in [2.45, 2.75) is 0 Å². The van der Waals surface area contributed by atoms with Crippen LogP contribution >= 0.6 is 11.6 Å². The molecule has 0 saturated carbocycles. The summed E-state index contributed by atoms with van der Waals surface area (Å²) in [4.78, 5) is 24.2. The van der Waals surface area contributed by atoms with Crippen LogP contribution in [0.5, 0.6) is 0 Å². The first kappa shape index (κ1) is 12.0. The third kappa shape index (κ3) is 4.31. The van der Waals surface area contributed by atoms with E-state index in [9.17, 15) is 9.59 Å². The molecule has 0 aromatic rings. The average molecular weight is 232 g/mol. The lowest BCUT2D eigenvalue weighted by Gasteiger charge is -2.26. The van der Waals surface area contributed by atoms with Crippen molar-refractivity contribution in [3.8, 4) is 0 Å². The van der Waals surface area contributed by atoms with Gasteiger partial charge < -0.3 is 15.5 Å². The van der Waals surface area contributed by atoms with Crippen LogP contribution in [0.2, 0.25) is 0 Å². The molecule has 0 bridgehead atoms. The monoisotopic (exact) mass is 231 g/mol. The topological polar surface area (TPSA) is 61.4 Å². The van der Waals surface area contributed by atoms with Gasteiger partial charge in [0.15, 0.2) is 0 Å². The van der Waals surface area contributed by atoms with Crippen molar-refractivity contribution in [3.05, 3.63) is 11.6 Å². The molecule has 1 rings (SSSR count). The molecule has 0 aromatic carbocycles. The van der Waals surface area contributed by atoms with Crippen LogP contribution in [-0.2, 0) is 9.59 Å². The smallest absolute Gasteiger partial charge is 0.239 e. The van der Waals surface area contributed by atoms with Gasteiger partial charge in [-0.05, 0) is 0 Å². The molecular formula is C9H14ClN3O2. The van der Waals surface area contributed by atoms with Crippen molar-refractivity contribution in [2.75, 3.05) is 32.7 Å². The summed E-state index contributed by atoms with van der Waals surface area (Å²) < 4.78 is 0. The maximum absolute atomic E-state index is 11.3. The minimum absolute atomic E-state index is 0.0545. The Hall–Kier alpha value is -1.07. The Bertz CT molecular complexity index is 281. The van der Waals surface area contributed by atoms with Gasteiger partial charge in [-0.1, -0.05) is 18.2 Å². The molecule has 2 N–H and O–H groups in total. The van der Waals surface area contributed by atoms with E-state index in [-0.39, 0.29) is 24.9 Å². The highest BCUT2D eigenvalue weighted by atomic mass is 35.5. The number of nitrogens with zero attached hydrogens (tertiary/aromatic N) is 1. The van der Waals surface area contributed by atoms with E-state index in [0.717, 1.165) is 6.54 Å². The van der Waals surface area contributed by atoms with Crippen LogP contribution in [0.3, 0.4) is 0 Å². The summed E-state index contributed by atoms with van der Waals surface area (Å²) in [5.74, 6) is -0.270. The molecule has 1 heterocycles. The summed E-state index contributed by atoms with van der Waals surface area (Å²) in [5, 5.41) is 5.87. The zero-order valence-electron chi connectivity index (χ0n) is 8.38. The molecule has 15 heavy (non-hydrogen) atoms. The van der Waals surface area contributed by atoms with Gasteiger partial charge in [0.25, 0.3) is 0 Å². The second-order valence-corrected chi connectivity index (χ2v) is 3.82. The van der Waals surface area contributed by atoms with Crippen LogP contribution in [0.25, 0.3) is 0 Å². The Morgan fingerprint density at radius 3 is 3.00 bits per heavy atom. The van der Waals surface area contributed by atoms with E-state index in [0.29, 0.717) is 18.1 Å². The molecule has 0 spiro atoms. The number of hydrogen-bond acceptors (Lipinski definition) is 3.